The Morgan fingerprint density at radius 1 is 1.44 bits per heavy atom. The lowest BCUT2D eigenvalue weighted by Crippen LogP contribution is -2.25. The fourth-order valence-corrected chi connectivity index (χ4v) is 2.11. The highest BCUT2D eigenvalue weighted by Gasteiger charge is 2.18. The molecule has 0 saturated heterocycles. The van der Waals surface area contributed by atoms with Crippen molar-refractivity contribution in [1.82, 2.24) is 4.98 Å². The van der Waals surface area contributed by atoms with Crippen molar-refractivity contribution >= 4 is 10.9 Å². The topological polar surface area (TPSA) is 41.8 Å². The van der Waals surface area contributed by atoms with Crippen LogP contribution in [0.5, 0.6) is 0 Å². The molecule has 0 bridgehead atoms. The lowest BCUT2D eigenvalue weighted by atomic mass is 9.92. The van der Waals surface area contributed by atoms with E-state index in [1.165, 1.54) is 6.07 Å². The quantitative estimate of drug-likeness (QED) is 0.819. The summed E-state index contributed by atoms with van der Waals surface area (Å²) in [6.07, 6.45) is 2.76. The van der Waals surface area contributed by atoms with Crippen molar-refractivity contribution < 1.29 is 4.39 Å². The van der Waals surface area contributed by atoms with Gasteiger partial charge in [-0.2, -0.15) is 0 Å². The third-order valence-corrected chi connectivity index (χ3v) is 3.29. The third kappa shape index (κ3) is 1.71. The molecule has 3 N–H and O–H groups in total. The van der Waals surface area contributed by atoms with E-state index in [9.17, 15) is 4.39 Å². The normalized spacial score (nSPS) is 15.2. The molecule has 16 heavy (non-hydrogen) atoms. The van der Waals surface area contributed by atoms with Gasteiger partial charge in [0.2, 0.25) is 0 Å². The number of benzene rings is 1. The Hall–Kier alpha value is -1.35. The van der Waals surface area contributed by atoms with Crippen molar-refractivity contribution in [3.8, 4) is 0 Å². The molecule has 1 aromatic carbocycles. The van der Waals surface area contributed by atoms with Crippen LogP contribution in [-0.2, 0) is 0 Å². The van der Waals surface area contributed by atoms with Crippen LogP contribution < -0.4 is 5.73 Å². The molecule has 86 valence electrons. The fraction of sp³-hybridized carbons (Fsp3) is 0.385. The molecule has 0 aliphatic carbocycles. The minimum Gasteiger partial charge on any atom is -0.361 e. The maximum atomic E-state index is 13.7. The number of nitrogens with one attached hydrogen (secondary N) is 1. The van der Waals surface area contributed by atoms with Crippen molar-refractivity contribution in [2.75, 3.05) is 0 Å². The summed E-state index contributed by atoms with van der Waals surface area (Å²) in [5.41, 5.74) is 7.83. The Bertz CT molecular complexity index is 490. The van der Waals surface area contributed by atoms with E-state index >= 15 is 0 Å². The molecule has 0 saturated carbocycles. The minimum atomic E-state index is -0.177. The van der Waals surface area contributed by atoms with Crippen LogP contribution in [0.1, 0.15) is 31.7 Å². The van der Waals surface area contributed by atoms with E-state index in [1.54, 1.807) is 6.07 Å². The molecule has 1 heterocycles. The summed E-state index contributed by atoms with van der Waals surface area (Å²) in [5, 5.41) is 0.680. The highest BCUT2D eigenvalue weighted by atomic mass is 19.1. The number of hydrogen-bond acceptors (Lipinski definition) is 1. The number of H-pyrrole nitrogens is 1. The zero-order valence-electron chi connectivity index (χ0n) is 9.63. The molecular weight excluding hydrogens is 203 g/mol. The molecule has 1 aromatic heterocycles. The number of fused-ring (bicyclic) bond motifs is 1. The minimum absolute atomic E-state index is 0.0682. The lowest BCUT2D eigenvalue weighted by molar-refractivity contribution is 0.552. The highest BCUT2D eigenvalue weighted by molar-refractivity contribution is 5.84. The summed E-state index contributed by atoms with van der Waals surface area (Å²) in [5.74, 6) is -0.0143. The van der Waals surface area contributed by atoms with Gasteiger partial charge in [-0.15, -0.1) is 0 Å². The van der Waals surface area contributed by atoms with Crippen LogP contribution >= 0.6 is 0 Å². The van der Waals surface area contributed by atoms with E-state index in [0.29, 0.717) is 5.39 Å². The van der Waals surface area contributed by atoms with Gasteiger partial charge >= 0.3 is 0 Å². The summed E-state index contributed by atoms with van der Waals surface area (Å²) in [6.45, 7) is 4.09. The van der Waals surface area contributed by atoms with Crippen LogP contribution in [0.25, 0.3) is 10.9 Å². The number of aromatic nitrogens is 1. The Morgan fingerprint density at radius 2 is 2.19 bits per heavy atom. The standard InChI is InChI=1S/C13H17FN2/c1-3-11(15)8(2)9-7-16-12-6-4-5-10(14)13(9)12/h4-8,11,16H,3,15H2,1-2H3/t8-,11+/m1/s1. The molecule has 0 spiro atoms. The van der Waals surface area contributed by atoms with Crippen LogP contribution in [0.2, 0.25) is 0 Å². The molecule has 2 rings (SSSR count). The smallest absolute Gasteiger partial charge is 0.132 e. The molecule has 3 heteroatoms. The molecule has 0 amide bonds. The van der Waals surface area contributed by atoms with E-state index in [4.69, 9.17) is 5.73 Å². The van der Waals surface area contributed by atoms with E-state index in [-0.39, 0.29) is 17.8 Å². The number of aromatic amines is 1. The summed E-state index contributed by atoms with van der Waals surface area (Å²) >= 11 is 0. The monoisotopic (exact) mass is 220 g/mol. The van der Waals surface area contributed by atoms with E-state index in [2.05, 4.69) is 4.98 Å². The summed E-state index contributed by atoms with van der Waals surface area (Å²) in [4.78, 5) is 3.09. The van der Waals surface area contributed by atoms with Crippen molar-refractivity contribution in [3.05, 3.63) is 35.8 Å². The van der Waals surface area contributed by atoms with Crippen LogP contribution in [0.4, 0.5) is 4.39 Å². The summed E-state index contributed by atoms with van der Waals surface area (Å²) in [6, 6.07) is 5.15. The van der Waals surface area contributed by atoms with Gasteiger partial charge in [0.15, 0.2) is 0 Å². The molecule has 0 aliphatic heterocycles. The van der Waals surface area contributed by atoms with Crippen LogP contribution in [0.3, 0.4) is 0 Å². The number of rotatable bonds is 3. The summed E-state index contributed by atoms with van der Waals surface area (Å²) in [7, 11) is 0. The van der Waals surface area contributed by atoms with Gasteiger partial charge in [-0.1, -0.05) is 19.9 Å². The van der Waals surface area contributed by atoms with E-state index in [1.807, 2.05) is 26.1 Å². The van der Waals surface area contributed by atoms with Crippen molar-refractivity contribution in [2.24, 2.45) is 5.73 Å². The number of nitrogens with two attached hydrogens (primary N) is 1. The van der Waals surface area contributed by atoms with Crippen LogP contribution in [0.15, 0.2) is 24.4 Å². The van der Waals surface area contributed by atoms with Gasteiger partial charge in [-0.25, -0.2) is 4.39 Å². The predicted octanol–water partition coefficient (Wildman–Crippen LogP) is 3.15. The molecule has 2 atom stereocenters. The summed E-state index contributed by atoms with van der Waals surface area (Å²) < 4.78 is 13.7. The maximum Gasteiger partial charge on any atom is 0.132 e. The average molecular weight is 220 g/mol. The number of halogens is 1. The second-order valence-corrected chi connectivity index (χ2v) is 4.27. The Balaban J connectivity index is 2.53. The van der Waals surface area contributed by atoms with Crippen molar-refractivity contribution in [3.63, 3.8) is 0 Å². The first-order valence-electron chi connectivity index (χ1n) is 5.66. The van der Waals surface area contributed by atoms with Gasteiger partial charge in [0, 0.05) is 23.1 Å². The van der Waals surface area contributed by atoms with E-state index < -0.39 is 0 Å². The van der Waals surface area contributed by atoms with Crippen molar-refractivity contribution in [2.45, 2.75) is 32.2 Å². The Morgan fingerprint density at radius 3 is 2.88 bits per heavy atom. The van der Waals surface area contributed by atoms with Crippen molar-refractivity contribution in [1.29, 1.82) is 0 Å². The molecule has 2 nitrogen and oxygen atoms in total. The van der Waals surface area contributed by atoms with Gasteiger partial charge in [0.05, 0.1) is 0 Å². The van der Waals surface area contributed by atoms with Gasteiger partial charge in [-0.05, 0) is 30.0 Å². The molecule has 0 unspecified atom stereocenters. The zero-order chi connectivity index (χ0) is 11.7. The van der Waals surface area contributed by atoms with Gasteiger partial charge in [0.25, 0.3) is 0 Å². The molecule has 0 radical (unpaired) electrons. The highest BCUT2D eigenvalue weighted by Crippen LogP contribution is 2.29. The molecule has 0 fully saturated rings. The van der Waals surface area contributed by atoms with E-state index in [0.717, 1.165) is 17.5 Å². The lowest BCUT2D eigenvalue weighted by Gasteiger charge is -2.17. The average Bonchev–Trinajstić information content (AvgIpc) is 2.72. The fourth-order valence-electron chi connectivity index (χ4n) is 2.11. The van der Waals surface area contributed by atoms with Gasteiger partial charge in [0.1, 0.15) is 5.82 Å². The molecule has 2 aromatic rings. The first-order chi connectivity index (χ1) is 7.65. The second kappa shape index (κ2) is 4.26. The Labute approximate surface area is 94.7 Å². The predicted molar refractivity (Wildman–Crippen MR) is 64.9 cm³/mol. The molecular formula is C13H17FN2. The number of hydrogen-bond donors (Lipinski definition) is 2. The van der Waals surface area contributed by atoms with Crippen LogP contribution in [-0.4, -0.2) is 11.0 Å². The third-order valence-electron chi connectivity index (χ3n) is 3.29. The van der Waals surface area contributed by atoms with Gasteiger partial charge < -0.3 is 10.7 Å². The van der Waals surface area contributed by atoms with Gasteiger partial charge in [-0.3, -0.25) is 0 Å². The maximum absolute atomic E-state index is 13.7. The Kier molecular flexibility index (Phi) is 2.97. The zero-order valence-corrected chi connectivity index (χ0v) is 9.63. The van der Waals surface area contributed by atoms with Crippen LogP contribution in [0, 0.1) is 5.82 Å². The second-order valence-electron chi connectivity index (χ2n) is 4.27. The first-order valence-corrected chi connectivity index (χ1v) is 5.66. The molecule has 0 aliphatic rings. The largest absolute Gasteiger partial charge is 0.361 e. The first kappa shape index (κ1) is 11.1. The SMILES string of the molecule is CC[C@H](N)[C@H](C)c1c[nH]c2cccc(F)c12.